The monoisotopic (exact) mass is 1270 g/mol. The molecule has 40 nitrogen and oxygen atoms in total. The third-order valence-electron chi connectivity index (χ3n) is 13.5. The van der Waals surface area contributed by atoms with Crippen LogP contribution in [0.4, 0.5) is 17.6 Å². The maximum Gasteiger partial charge on any atom is 0.472 e. The molecule has 0 bridgehead atoms. The Labute approximate surface area is 468 Å². The molecule has 6 aromatic heterocycles. The molecule has 10 heterocycles. The summed E-state index contributed by atoms with van der Waals surface area (Å²) in [5.74, 6) is -0.390. The Bertz CT molecular complexity index is 3880. The van der Waals surface area contributed by atoms with Gasteiger partial charge in [-0.25, -0.2) is 47.8 Å². The predicted molar refractivity (Wildman–Crippen MR) is 276 cm³/mol. The second-order valence-electron chi connectivity index (χ2n) is 19.0. The Morgan fingerprint density at radius 1 is 0.607 bits per heavy atom. The number of nitrogens with zero attached hydrogens (tertiary/aromatic N) is 10. The van der Waals surface area contributed by atoms with Crippen molar-refractivity contribution < 1.29 is 98.1 Å². The van der Waals surface area contributed by atoms with Crippen LogP contribution >= 0.6 is 31.3 Å². The molecule has 4 unspecified atom stereocenters. The zero-order chi connectivity index (χ0) is 60.2. The van der Waals surface area contributed by atoms with Crippen molar-refractivity contribution in [2.24, 2.45) is 0 Å². The first kappa shape index (κ1) is 61.2. The van der Waals surface area contributed by atoms with Crippen LogP contribution in [0.3, 0.4) is 0 Å². The summed E-state index contributed by atoms with van der Waals surface area (Å²) in [4.78, 5) is 123. The number of aliphatic hydroxyl groups excluding tert-OH is 1. The van der Waals surface area contributed by atoms with Gasteiger partial charge in [0.1, 0.15) is 91.4 Å². The van der Waals surface area contributed by atoms with Crippen LogP contribution in [0, 0.1) is 6.92 Å². The molecular formula is C40H53N15O25P4. The SMILES string of the molecule is COP(=O)(O)O[C@H]1C[C@H](n2cnc3c(N)ncnc32)O[C@@H]1COP(=O)(O)O[C@H]1C[C@H](n2cc(C)c(=O)[nH]c2=O)O[C@@H]1COP(=O)(O)O[C@H]1C[C@H](n2cnc3c(=O)[nH]c(N)nc32)O[C@@H]1COP(=O)(O)O[C@H]1C[C@H](n2ccc(N)nc2=O)O[C@@H]1CO. The summed E-state index contributed by atoms with van der Waals surface area (Å²) in [5, 5.41) is 10.0. The number of aromatic amines is 2. The van der Waals surface area contributed by atoms with Crippen molar-refractivity contribution in [1.82, 2.24) is 58.1 Å². The van der Waals surface area contributed by atoms with Crippen LogP contribution in [0.15, 0.2) is 56.6 Å². The number of nitrogens with one attached hydrogen (secondary N) is 2. The van der Waals surface area contributed by atoms with Crippen molar-refractivity contribution in [2.45, 2.75) is 106 Å². The molecule has 10 rings (SSSR count). The van der Waals surface area contributed by atoms with Gasteiger partial charge in [0.25, 0.3) is 11.1 Å². The van der Waals surface area contributed by atoms with E-state index in [4.69, 9.17) is 67.8 Å². The summed E-state index contributed by atoms with van der Waals surface area (Å²) in [6.45, 7) is -2.23. The number of rotatable bonds is 23. The lowest BCUT2D eigenvalue weighted by atomic mass is 10.2. The number of nitrogen functional groups attached to an aromatic ring is 3. The summed E-state index contributed by atoms with van der Waals surface area (Å²) in [7, 11) is -19.9. The highest BCUT2D eigenvalue weighted by Gasteiger charge is 2.49. The fourth-order valence-electron chi connectivity index (χ4n) is 9.54. The molecule has 0 radical (unpaired) electrons. The zero-order valence-electron chi connectivity index (χ0n) is 43.4. The molecule has 4 aliphatic heterocycles. The maximum absolute atomic E-state index is 14.0. The lowest BCUT2D eigenvalue weighted by molar-refractivity contribution is -0.0629. The van der Waals surface area contributed by atoms with Gasteiger partial charge >= 0.3 is 42.7 Å². The molecule has 44 heteroatoms. The van der Waals surface area contributed by atoms with E-state index in [-0.39, 0.29) is 58.3 Å². The largest absolute Gasteiger partial charge is 0.472 e. The highest BCUT2D eigenvalue weighted by molar-refractivity contribution is 7.48. The molecule has 13 N–H and O–H groups in total. The van der Waals surface area contributed by atoms with Gasteiger partial charge in [-0.05, 0) is 13.0 Å². The smallest absolute Gasteiger partial charge is 0.394 e. The van der Waals surface area contributed by atoms with Gasteiger partial charge in [0, 0.05) is 50.8 Å². The third-order valence-corrected chi connectivity index (χ3v) is 17.5. The number of nitrogens with two attached hydrogens (primary N) is 3. The van der Waals surface area contributed by atoms with Gasteiger partial charge in [-0.3, -0.25) is 74.0 Å². The molecule has 16 atom stereocenters. The highest BCUT2D eigenvalue weighted by atomic mass is 31.2. The van der Waals surface area contributed by atoms with E-state index in [1.165, 1.54) is 34.6 Å². The third kappa shape index (κ3) is 13.5. The highest BCUT2D eigenvalue weighted by Crippen LogP contribution is 2.54. The van der Waals surface area contributed by atoms with Crippen molar-refractivity contribution in [3.8, 4) is 0 Å². The van der Waals surface area contributed by atoms with Gasteiger partial charge in [0.05, 0.1) is 39.1 Å². The average molecular weight is 1270 g/mol. The van der Waals surface area contributed by atoms with Gasteiger partial charge < -0.3 is 60.8 Å². The van der Waals surface area contributed by atoms with Crippen molar-refractivity contribution >= 4 is 71.2 Å². The number of imidazole rings is 2. The molecule has 4 aliphatic rings. The van der Waals surface area contributed by atoms with Crippen molar-refractivity contribution in [3.63, 3.8) is 0 Å². The molecule has 0 saturated carbocycles. The Hall–Kier alpha value is -5.90. The van der Waals surface area contributed by atoms with Gasteiger partial charge in [0.15, 0.2) is 22.6 Å². The van der Waals surface area contributed by atoms with Crippen molar-refractivity contribution in [2.75, 3.05) is 50.7 Å². The maximum atomic E-state index is 14.0. The van der Waals surface area contributed by atoms with Gasteiger partial charge in [-0.1, -0.05) is 0 Å². The number of aliphatic hydroxyl groups is 1. The number of anilines is 3. The number of aryl methyl sites for hydroxylation is 1. The fraction of sp³-hybridized carbons (Fsp3) is 0.550. The second-order valence-corrected chi connectivity index (χ2v) is 24.8. The van der Waals surface area contributed by atoms with Gasteiger partial charge in [0.2, 0.25) is 5.95 Å². The van der Waals surface area contributed by atoms with E-state index in [1.807, 2.05) is 0 Å². The fourth-order valence-corrected chi connectivity index (χ4v) is 13.1. The van der Waals surface area contributed by atoms with Crippen LogP contribution in [-0.4, -0.2) is 165 Å². The Balaban J connectivity index is 0.851. The molecule has 458 valence electrons. The van der Waals surface area contributed by atoms with E-state index in [2.05, 4.69) is 44.4 Å². The molecular weight excluding hydrogens is 1210 g/mol. The minimum Gasteiger partial charge on any atom is -0.394 e. The molecule has 6 aromatic rings. The van der Waals surface area contributed by atoms with E-state index in [1.54, 1.807) is 0 Å². The van der Waals surface area contributed by atoms with E-state index < -0.39 is 167 Å². The van der Waals surface area contributed by atoms with Crippen LogP contribution in [0.5, 0.6) is 0 Å². The number of H-pyrrole nitrogens is 2. The van der Waals surface area contributed by atoms with Crippen molar-refractivity contribution in [3.05, 3.63) is 84.7 Å². The average Bonchev–Trinajstić information content (AvgIpc) is 3.68. The quantitative estimate of drug-likeness (QED) is 0.0330. The second kappa shape index (κ2) is 24.1. The summed E-state index contributed by atoms with van der Waals surface area (Å²) < 4.78 is 125. The normalized spacial score (nSPS) is 29.3. The number of hydrogen-bond donors (Lipinski definition) is 10. The van der Waals surface area contributed by atoms with E-state index in [0.717, 1.165) is 35.1 Å². The molecule has 4 saturated heterocycles. The van der Waals surface area contributed by atoms with E-state index >= 15 is 0 Å². The van der Waals surface area contributed by atoms with Crippen LogP contribution < -0.4 is 39.7 Å². The lowest BCUT2D eigenvalue weighted by Crippen LogP contribution is -2.33. The minimum atomic E-state index is -5.45. The molecule has 4 fully saturated rings. The van der Waals surface area contributed by atoms with Gasteiger partial charge in [-0.2, -0.15) is 9.97 Å². The van der Waals surface area contributed by atoms with Crippen LogP contribution in [0.1, 0.15) is 56.2 Å². The number of phosphoric ester groups is 4. The number of ether oxygens (including phenoxy) is 4. The number of hydrogen-bond acceptors (Lipinski definition) is 30. The topological polar surface area (TPSA) is 555 Å². The zero-order valence-corrected chi connectivity index (χ0v) is 47.0. The standard InChI is InChI=1S/C40H53N15O25P4/c1-17-9-53(40(60)51-36(17)57)28-6-20(79-83(65,66)71-11-23-19(77-81(61,62)69-2)7-29(75-23)54-15-46-31-33(42)44-14-45-34(31)54)24(74-28)12-72-84(67,68)80-21-8-30(55-16-47-32-35(55)49-38(43)50-37(32)58)76-25(21)13-70-82(63,64)78-18-5-27(73-22(18)10-56)52-4-3-26(41)48-39(52)59/h3-4,9,14-16,18-25,27-30,56H,5-8,10-13H2,1-2H3,(H,61,62)(H,63,64)(H,65,66)(H,67,68)(H2,41,48,59)(H2,42,44,45)(H,51,57,60)(H3,43,49,50,58)/t18-,19-,20-,21-,22+,23+,24+,25+,27+,28+,29+,30+/m0/s1. The first-order valence-corrected chi connectivity index (χ1v) is 30.7. The van der Waals surface area contributed by atoms with Gasteiger partial charge in [-0.15, -0.1) is 0 Å². The number of fused-ring (bicyclic) bond motifs is 2. The van der Waals surface area contributed by atoms with Crippen molar-refractivity contribution in [1.29, 1.82) is 0 Å². The summed E-state index contributed by atoms with van der Waals surface area (Å²) in [6.07, 6.45) is -12.3. The van der Waals surface area contributed by atoms with Crippen LogP contribution in [0.25, 0.3) is 22.3 Å². The Kier molecular flexibility index (Phi) is 17.6. The summed E-state index contributed by atoms with van der Waals surface area (Å²) in [5.41, 5.74) is 14.1. The Morgan fingerprint density at radius 3 is 1.61 bits per heavy atom. The summed E-state index contributed by atoms with van der Waals surface area (Å²) >= 11 is 0. The molecule has 0 amide bonds. The molecule has 0 aliphatic carbocycles. The summed E-state index contributed by atoms with van der Waals surface area (Å²) in [6, 6.07) is 1.30. The van der Waals surface area contributed by atoms with Crippen LogP contribution in [0.2, 0.25) is 0 Å². The lowest BCUT2D eigenvalue weighted by Gasteiger charge is -2.25. The molecule has 0 spiro atoms. The van der Waals surface area contributed by atoms with Crippen LogP contribution in [-0.2, 0) is 73.4 Å². The van der Waals surface area contributed by atoms with E-state index in [0.29, 0.717) is 0 Å². The first-order valence-electron chi connectivity index (χ1n) is 24.8. The minimum absolute atomic E-state index is 0.0289. The molecule has 0 aromatic carbocycles. The number of phosphoric acid groups is 4. The number of aromatic nitrogens is 12. The van der Waals surface area contributed by atoms with E-state index in [9.17, 15) is 62.1 Å². The molecule has 84 heavy (non-hydrogen) atoms. The Morgan fingerprint density at radius 2 is 1.08 bits per heavy atom. The first-order chi connectivity index (χ1) is 39.7. The predicted octanol–water partition coefficient (Wildman–Crippen LogP) is -1.40.